The molecule has 13 nitrogen and oxygen atoms in total. The van der Waals surface area contributed by atoms with Gasteiger partial charge in [0.2, 0.25) is 16.8 Å². The number of carbonyl (C=O) groups excluding carboxylic acids is 1. The zero-order valence-corrected chi connectivity index (χ0v) is 29.8. The van der Waals surface area contributed by atoms with Crippen LogP contribution in [0.3, 0.4) is 0 Å². The SMILES string of the molecule is Cc1nc(COc2ccc(CC(NC(=O)OC3COC4OCCC34)C(O)C(C)(C)N(C(C)C)S(=O)(=O)c3ccc4c(c3)OCO4)cc2)cs1. The number of fused-ring (bicyclic) bond motifs is 2. The molecule has 0 bridgehead atoms. The van der Waals surface area contributed by atoms with E-state index in [0.29, 0.717) is 36.9 Å². The fourth-order valence-corrected chi connectivity index (χ4v) is 9.35. The quantitative estimate of drug-likeness (QED) is 0.259. The zero-order valence-electron chi connectivity index (χ0n) is 28.2. The van der Waals surface area contributed by atoms with Crippen LogP contribution in [0.25, 0.3) is 0 Å². The van der Waals surface area contributed by atoms with Crippen molar-refractivity contribution < 1.29 is 46.7 Å². The van der Waals surface area contributed by atoms with Gasteiger partial charge in [-0.15, -0.1) is 11.3 Å². The van der Waals surface area contributed by atoms with Crippen molar-refractivity contribution in [1.29, 1.82) is 0 Å². The Balaban J connectivity index is 1.23. The molecule has 6 rings (SSSR count). The largest absolute Gasteiger partial charge is 0.487 e. The molecule has 1 amide bonds. The highest BCUT2D eigenvalue weighted by Gasteiger charge is 2.48. The van der Waals surface area contributed by atoms with Gasteiger partial charge in [-0.25, -0.2) is 18.2 Å². The van der Waals surface area contributed by atoms with Crippen LogP contribution in [0.1, 0.15) is 50.4 Å². The van der Waals surface area contributed by atoms with Gasteiger partial charge >= 0.3 is 6.09 Å². The number of nitrogens with zero attached hydrogens (tertiary/aromatic N) is 2. The van der Waals surface area contributed by atoms with Gasteiger partial charge in [0.15, 0.2) is 17.8 Å². The molecule has 0 spiro atoms. The van der Waals surface area contributed by atoms with Crippen molar-refractivity contribution >= 4 is 27.5 Å². The maximum atomic E-state index is 14.2. The van der Waals surface area contributed by atoms with Gasteiger partial charge in [-0.2, -0.15) is 4.31 Å². The van der Waals surface area contributed by atoms with Crippen molar-refractivity contribution in [1.82, 2.24) is 14.6 Å². The number of thiazole rings is 1. The van der Waals surface area contributed by atoms with Gasteiger partial charge in [0.25, 0.3) is 0 Å². The van der Waals surface area contributed by atoms with Gasteiger partial charge in [0, 0.05) is 17.5 Å². The van der Waals surface area contributed by atoms with Gasteiger partial charge < -0.3 is 38.8 Å². The average Bonchev–Trinajstić information content (AvgIpc) is 3.86. The van der Waals surface area contributed by atoms with Gasteiger partial charge in [0.05, 0.1) is 52.4 Å². The predicted octanol–water partition coefficient (Wildman–Crippen LogP) is 4.40. The summed E-state index contributed by atoms with van der Waals surface area (Å²) in [5, 5.41) is 17.9. The molecule has 2 aromatic carbocycles. The number of benzene rings is 2. The molecule has 5 atom stereocenters. The summed E-state index contributed by atoms with van der Waals surface area (Å²) in [6, 6.07) is 10.2. The predicted molar refractivity (Wildman–Crippen MR) is 179 cm³/mol. The highest BCUT2D eigenvalue weighted by molar-refractivity contribution is 7.89. The van der Waals surface area contributed by atoms with Gasteiger partial charge in [-0.3, -0.25) is 0 Å². The monoisotopic (exact) mass is 717 g/mol. The topological polar surface area (TPSA) is 155 Å². The molecular weight excluding hydrogens is 675 g/mol. The fraction of sp³-hybridized carbons (Fsp3) is 0.529. The minimum absolute atomic E-state index is 0.000390. The van der Waals surface area contributed by atoms with Crippen LogP contribution in [-0.4, -0.2) is 85.0 Å². The van der Waals surface area contributed by atoms with Crippen molar-refractivity contribution in [2.75, 3.05) is 20.0 Å². The number of aliphatic hydroxyl groups excluding tert-OH is 1. The third-order valence-corrected chi connectivity index (χ3v) is 12.1. The van der Waals surface area contributed by atoms with Crippen LogP contribution in [0.5, 0.6) is 17.2 Å². The lowest BCUT2D eigenvalue weighted by atomic mass is 9.87. The van der Waals surface area contributed by atoms with E-state index in [0.717, 1.165) is 16.3 Å². The fourth-order valence-electron chi connectivity index (χ4n) is 6.75. The summed E-state index contributed by atoms with van der Waals surface area (Å²) < 4.78 is 63.4. The molecule has 49 heavy (non-hydrogen) atoms. The highest BCUT2D eigenvalue weighted by Crippen LogP contribution is 2.38. The molecule has 266 valence electrons. The number of aromatic nitrogens is 1. The van der Waals surface area contributed by atoms with E-state index in [1.165, 1.54) is 16.4 Å². The molecule has 2 N–H and O–H groups in total. The summed E-state index contributed by atoms with van der Waals surface area (Å²) in [4.78, 5) is 17.8. The van der Waals surface area contributed by atoms with Crippen molar-refractivity contribution in [2.24, 2.45) is 5.92 Å². The maximum Gasteiger partial charge on any atom is 0.407 e. The Bertz CT molecular complexity index is 1730. The van der Waals surface area contributed by atoms with Crippen LogP contribution < -0.4 is 19.5 Å². The van der Waals surface area contributed by atoms with Crippen LogP contribution in [0.15, 0.2) is 52.7 Å². The van der Waals surface area contributed by atoms with Crippen LogP contribution in [-0.2, 0) is 37.3 Å². The molecule has 0 saturated carbocycles. The number of aliphatic hydroxyl groups is 1. The molecule has 15 heteroatoms. The summed E-state index contributed by atoms with van der Waals surface area (Å²) in [6.45, 7) is 9.76. The molecule has 2 fully saturated rings. The van der Waals surface area contributed by atoms with Gasteiger partial charge in [-0.05, 0) is 77.3 Å². The number of aryl methyl sites for hydroxylation is 1. The first-order valence-corrected chi connectivity index (χ1v) is 18.6. The van der Waals surface area contributed by atoms with Crippen LogP contribution in [0.4, 0.5) is 4.79 Å². The molecule has 3 aliphatic heterocycles. The summed E-state index contributed by atoms with van der Waals surface area (Å²) in [6.07, 6.45) is -2.17. The Hall–Kier alpha value is -3.47. The van der Waals surface area contributed by atoms with Crippen molar-refractivity contribution in [3.8, 4) is 17.2 Å². The number of hydrogen-bond acceptors (Lipinski definition) is 12. The van der Waals surface area contributed by atoms with E-state index in [1.807, 2.05) is 36.6 Å². The standard InChI is InChI=1S/C34H43N3O10S2/c1-20(2)37(49(40,41)25-10-11-28-29(15-25)46-19-45-28)34(4,5)31(38)27(36-33(39)47-30-17-44-32-26(30)12-13-42-32)14-22-6-8-24(9-7-22)43-16-23-18-48-21(3)35-23/h6-11,15,18,20,26-27,30-32,38H,12-14,16-17,19H2,1-5H3,(H,36,39). The smallest absolute Gasteiger partial charge is 0.407 e. The molecule has 4 heterocycles. The number of alkyl carbamates (subject to hydrolysis) is 1. The summed E-state index contributed by atoms with van der Waals surface area (Å²) >= 11 is 1.56. The van der Waals surface area contributed by atoms with Crippen molar-refractivity contribution in [2.45, 2.75) is 95.1 Å². The second-order valence-electron chi connectivity index (χ2n) is 13.2. The van der Waals surface area contributed by atoms with E-state index in [9.17, 15) is 18.3 Å². The molecule has 5 unspecified atom stereocenters. The molecule has 1 aromatic heterocycles. The Labute approximate surface area is 290 Å². The summed E-state index contributed by atoms with van der Waals surface area (Å²) in [7, 11) is -4.18. The van der Waals surface area contributed by atoms with Gasteiger partial charge in [0.1, 0.15) is 18.5 Å². The third-order valence-electron chi connectivity index (χ3n) is 9.02. The number of hydrogen-bond donors (Lipinski definition) is 2. The van der Waals surface area contributed by atoms with E-state index < -0.39 is 52.2 Å². The Morgan fingerprint density at radius 1 is 1.14 bits per heavy atom. The summed E-state index contributed by atoms with van der Waals surface area (Å²) in [5.41, 5.74) is 0.199. The first-order valence-electron chi connectivity index (χ1n) is 16.3. The first kappa shape index (κ1) is 35.4. The first-order chi connectivity index (χ1) is 23.3. The Morgan fingerprint density at radius 3 is 2.61 bits per heavy atom. The molecule has 2 saturated heterocycles. The molecule has 0 radical (unpaired) electrons. The molecular formula is C34H43N3O10S2. The van der Waals surface area contributed by atoms with E-state index >= 15 is 0 Å². The second kappa shape index (κ2) is 14.4. The molecule has 3 aliphatic rings. The van der Waals surface area contributed by atoms with Crippen LogP contribution in [0.2, 0.25) is 0 Å². The minimum atomic E-state index is -4.18. The van der Waals surface area contributed by atoms with Gasteiger partial charge in [-0.1, -0.05) is 12.1 Å². The number of amides is 1. The Kier molecular flexibility index (Phi) is 10.4. The lowest BCUT2D eigenvalue weighted by molar-refractivity contribution is -0.0907. The normalized spacial score (nSPS) is 21.5. The highest BCUT2D eigenvalue weighted by atomic mass is 32.2. The lowest BCUT2D eigenvalue weighted by Crippen LogP contribution is -2.63. The number of nitrogens with one attached hydrogen (secondary N) is 1. The lowest BCUT2D eigenvalue weighted by Gasteiger charge is -2.45. The molecule has 3 aromatic rings. The van der Waals surface area contributed by atoms with Crippen molar-refractivity contribution in [3.05, 3.63) is 64.1 Å². The Morgan fingerprint density at radius 2 is 1.90 bits per heavy atom. The number of ether oxygens (including phenoxy) is 6. The van der Waals surface area contributed by atoms with E-state index in [-0.39, 0.29) is 30.6 Å². The minimum Gasteiger partial charge on any atom is -0.487 e. The summed E-state index contributed by atoms with van der Waals surface area (Å²) in [5.74, 6) is 1.34. The molecule has 0 aliphatic carbocycles. The van der Waals surface area contributed by atoms with Crippen LogP contribution >= 0.6 is 11.3 Å². The van der Waals surface area contributed by atoms with E-state index in [2.05, 4.69) is 10.3 Å². The zero-order chi connectivity index (χ0) is 34.9. The third kappa shape index (κ3) is 7.66. The second-order valence-corrected chi connectivity index (χ2v) is 16.1. The number of sulfonamides is 1. The van der Waals surface area contributed by atoms with Crippen molar-refractivity contribution in [3.63, 3.8) is 0 Å². The van der Waals surface area contributed by atoms with E-state index in [1.54, 1.807) is 45.1 Å². The average molecular weight is 718 g/mol. The van der Waals surface area contributed by atoms with E-state index in [4.69, 9.17) is 28.4 Å². The maximum absolute atomic E-state index is 14.2. The number of carbonyl (C=O) groups is 1. The van der Waals surface area contributed by atoms with Crippen LogP contribution in [0, 0.1) is 12.8 Å². The number of rotatable bonds is 13.